The number of hydrogen-bond donors (Lipinski definition) is 0. The van der Waals surface area contributed by atoms with Gasteiger partial charge in [0.25, 0.3) is 0 Å². The molecule has 1 heteroatoms. The minimum absolute atomic E-state index is 1.19. The van der Waals surface area contributed by atoms with Crippen LogP contribution in [0.2, 0.25) is 0 Å². The van der Waals surface area contributed by atoms with E-state index in [4.69, 9.17) is 0 Å². The minimum atomic E-state index is 1.19. The lowest BCUT2D eigenvalue weighted by Crippen LogP contribution is -2.32. The normalized spacial score (nSPS) is 11.0. The van der Waals surface area contributed by atoms with Gasteiger partial charge in [0.05, 0.1) is 0 Å². The third-order valence-electron chi connectivity index (χ3n) is 4.55. The van der Waals surface area contributed by atoms with Crippen molar-refractivity contribution in [2.45, 2.75) is 104 Å². The molecule has 0 saturated heterocycles. The van der Waals surface area contributed by atoms with Crippen LogP contribution in [0.3, 0.4) is 0 Å². The molecule has 1 nitrogen and oxygen atoms in total. The number of aromatic nitrogens is 1. The second kappa shape index (κ2) is 13.8. The third kappa shape index (κ3) is 9.97. The van der Waals surface area contributed by atoms with Crippen LogP contribution in [0, 0.1) is 0 Å². The molecule has 1 heterocycles. The molecule has 1 aromatic heterocycles. The van der Waals surface area contributed by atoms with Gasteiger partial charge in [-0.25, -0.2) is 4.57 Å². The predicted molar refractivity (Wildman–Crippen MR) is 97.1 cm³/mol. The molecule has 0 aliphatic heterocycles. The molecule has 0 N–H and O–H groups in total. The van der Waals surface area contributed by atoms with Crippen molar-refractivity contribution in [3.05, 3.63) is 30.1 Å². The monoisotopic (exact) mass is 304 g/mol. The summed E-state index contributed by atoms with van der Waals surface area (Å²) in [5, 5.41) is 0. The van der Waals surface area contributed by atoms with E-state index in [1.54, 1.807) is 0 Å². The molecule has 0 aliphatic rings. The summed E-state index contributed by atoms with van der Waals surface area (Å²) in [5.41, 5.74) is 1.50. The highest BCUT2D eigenvalue weighted by molar-refractivity contribution is 5.07. The van der Waals surface area contributed by atoms with Gasteiger partial charge < -0.3 is 0 Å². The van der Waals surface area contributed by atoms with Crippen LogP contribution < -0.4 is 4.57 Å². The maximum Gasteiger partial charge on any atom is 0.169 e. The van der Waals surface area contributed by atoms with Gasteiger partial charge in [0, 0.05) is 18.6 Å². The van der Waals surface area contributed by atoms with Crippen LogP contribution in [0.5, 0.6) is 0 Å². The Morgan fingerprint density at radius 3 is 1.73 bits per heavy atom. The molecule has 0 aromatic carbocycles. The van der Waals surface area contributed by atoms with Crippen LogP contribution in [0.1, 0.15) is 96.5 Å². The summed E-state index contributed by atoms with van der Waals surface area (Å²) < 4.78 is 2.35. The molecule has 0 atom stereocenters. The van der Waals surface area contributed by atoms with Gasteiger partial charge in [0.2, 0.25) is 0 Å². The zero-order chi connectivity index (χ0) is 15.9. The highest BCUT2D eigenvalue weighted by Crippen LogP contribution is 2.09. The molecular formula is C21H38N+. The highest BCUT2D eigenvalue weighted by atomic mass is 14.9. The number of aryl methyl sites for hydroxylation is 2. The van der Waals surface area contributed by atoms with Gasteiger partial charge in [0.15, 0.2) is 12.4 Å². The molecule has 0 bridgehead atoms. The summed E-state index contributed by atoms with van der Waals surface area (Å²) in [6.45, 7) is 5.74. The first-order chi connectivity index (χ1) is 10.9. The molecule has 0 saturated carbocycles. The molecule has 0 unspecified atom stereocenters. The van der Waals surface area contributed by atoms with Crippen LogP contribution in [0.25, 0.3) is 0 Å². The summed E-state index contributed by atoms with van der Waals surface area (Å²) in [6, 6.07) is 4.62. The second-order valence-electron chi connectivity index (χ2n) is 6.73. The van der Waals surface area contributed by atoms with E-state index in [0.29, 0.717) is 0 Å². The van der Waals surface area contributed by atoms with E-state index in [-0.39, 0.29) is 0 Å². The summed E-state index contributed by atoms with van der Waals surface area (Å²) >= 11 is 0. The molecule has 0 fully saturated rings. The Kier molecular flexibility index (Phi) is 12.0. The molecule has 0 spiro atoms. The van der Waals surface area contributed by atoms with E-state index in [1.807, 2.05) is 0 Å². The Labute approximate surface area is 139 Å². The van der Waals surface area contributed by atoms with Crippen LogP contribution in [0.15, 0.2) is 24.5 Å². The van der Waals surface area contributed by atoms with Crippen LogP contribution in [-0.2, 0) is 13.0 Å². The fraction of sp³-hybridized carbons (Fsp3) is 0.762. The lowest BCUT2D eigenvalue weighted by Gasteiger charge is -2.02. The van der Waals surface area contributed by atoms with Crippen molar-refractivity contribution in [2.24, 2.45) is 0 Å². The SMILES string of the molecule is CCCCCCCCCCC[n+]1ccc(CCCCC)cc1. The van der Waals surface area contributed by atoms with Crippen LogP contribution in [0.4, 0.5) is 0 Å². The van der Waals surface area contributed by atoms with E-state index in [1.165, 1.54) is 95.6 Å². The van der Waals surface area contributed by atoms with Gasteiger partial charge >= 0.3 is 0 Å². The fourth-order valence-electron chi connectivity index (χ4n) is 2.99. The molecular weight excluding hydrogens is 266 g/mol. The largest absolute Gasteiger partial charge is 0.205 e. The molecule has 126 valence electrons. The summed E-state index contributed by atoms with van der Waals surface area (Å²) in [7, 11) is 0. The van der Waals surface area contributed by atoms with Crippen molar-refractivity contribution in [3.8, 4) is 0 Å². The average Bonchev–Trinajstić information content (AvgIpc) is 2.55. The van der Waals surface area contributed by atoms with E-state index in [2.05, 4.69) is 42.9 Å². The van der Waals surface area contributed by atoms with Gasteiger partial charge in [0.1, 0.15) is 6.54 Å². The van der Waals surface area contributed by atoms with Gasteiger partial charge in [-0.1, -0.05) is 71.6 Å². The van der Waals surface area contributed by atoms with E-state index < -0.39 is 0 Å². The van der Waals surface area contributed by atoms with E-state index in [9.17, 15) is 0 Å². The summed E-state index contributed by atoms with van der Waals surface area (Å²) in [5.74, 6) is 0. The van der Waals surface area contributed by atoms with Crippen LogP contribution in [-0.4, -0.2) is 0 Å². The molecule has 0 amide bonds. The van der Waals surface area contributed by atoms with Gasteiger partial charge in [-0.15, -0.1) is 0 Å². The summed E-state index contributed by atoms with van der Waals surface area (Å²) in [6.07, 6.45) is 22.5. The van der Waals surface area contributed by atoms with Gasteiger partial charge in [-0.2, -0.15) is 0 Å². The fourth-order valence-corrected chi connectivity index (χ4v) is 2.99. The number of unbranched alkanes of at least 4 members (excludes halogenated alkanes) is 10. The minimum Gasteiger partial charge on any atom is -0.205 e. The Hall–Kier alpha value is -0.850. The Balaban J connectivity index is 2.00. The average molecular weight is 305 g/mol. The van der Waals surface area contributed by atoms with Crippen molar-refractivity contribution >= 4 is 0 Å². The first kappa shape index (κ1) is 19.2. The summed E-state index contributed by atoms with van der Waals surface area (Å²) in [4.78, 5) is 0. The molecule has 1 rings (SSSR count). The Morgan fingerprint density at radius 2 is 1.14 bits per heavy atom. The quantitative estimate of drug-likeness (QED) is 0.283. The number of hydrogen-bond acceptors (Lipinski definition) is 0. The van der Waals surface area contributed by atoms with Crippen molar-refractivity contribution in [3.63, 3.8) is 0 Å². The maximum absolute atomic E-state index is 2.35. The van der Waals surface area contributed by atoms with E-state index >= 15 is 0 Å². The Morgan fingerprint density at radius 1 is 0.636 bits per heavy atom. The second-order valence-corrected chi connectivity index (χ2v) is 6.73. The van der Waals surface area contributed by atoms with Gasteiger partial charge in [-0.3, -0.25) is 0 Å². The predicted octanol–water partition coefficient (Wildman–Crippen LogP) is 6.24. The van der Waals surface area contributed by atoms with Crippen molar-refractivity contribution in [1.82, 2.24) is 0 Å². The lowest BCUT2D eigenvalue weighted by molar-refractivity contribution is -0.697. The van der Waals surface area contributed by atoms with Crippen molar-refractivity contribution in [2.75, 3.05) is 0 Å². The smallest absolute Gasteiger partial charge is 0.169 e. The van der Waals surface area contributed by atoms with Crippen LogP contribution >= 0.6 is 0 Å². The first-order valence-corrected chi connectivity index (χ1v) is 9.84. The van der Waals surface area contributed by atoms with Gasteiger partial charge in [-0.05, 0) is 24.8 Å². The zero-order valence-corrected chi connectivity index (χ0v) is 15.2. The third-order valence-corrected chi connectivity index (χ3v) is 4.55. The van der Waals surface area contributed by atoms with Crippen molar-refractivity contribution < 1.29 is 4.57 Å². The Bertz CT molecular complexity index is 341. The molecule has 0 aliphatic carbocycles. The molecule has 1 aromatic rings. The highest BCUT2D eigenvalue weighted by Gasteiger charge is 2.01. The molecule has 22 heavy (non-hydrogen) atoms. The lowest BCUT2D eigenvalue weighted by atomic mass is 10.1. The standard InChI is InChI=1S/C21H38N/c1-3-5-7-8-9-10-11-12-14-18-22-19-16-21(17-20-22)15-13-6-4-2/h16-17,19-20H,3-15,18H2,1-2H3/q+1. The van der Waals surface area contributed by atoms with Crippen molar-refractivity contribution in [1.29, 1.82) is 0 Å². The zero-order valence-electron chi connectivity index (χ0n) is 15.2. The molecule has 0 radical (unpaired) electrons. The topological polar surface area (TPSA) is 3.88 Å². The first-order valence-electron chi connectivity index (χ1n) is 9.84. The van der Waals surface area contributed by atoms with E-state index in [0.717, 1.165) is 0 Å². The maximum atomic E-state index is 2.35. The number of pyridine rings is 1. The number of nitrogens with zero attached hydrogens (tertiary/aromatic N) is 1. The number of rotatable bonds is 14.